The first kappa shape index (κ1) is 9.14. The van der Waals surface area contributed by atoms with Crippen molar-refractivity contribution in [3.63, 3.8) is 0 Å². The molecule has 0 radical (unpaired) electrons. The zero-order chi connectivity index (χ0) is 3.58. The zero-order valence-electron chi connectivity index (χ0n) is 1.71. The maximum atomic E-state index is 8.67. The van der Waals surface area contributed by atoms with Crippen molar-refractivity contribution in [2.75, 3.05) is 0 Å². The third-order valence-electron chi connectivity index (χ3n) is 0. The molecule has 0 aliphatic heterocycles. The van der Waals surface area contributed by atoms with E-state index in [1.807, 2.05) is 0 Å². The molecule has 0 fully saturated rings. The van der Waals surface area contributed by atoms with Crippen LogP contribution >= 0.6 is 0 Å². The van der Waals surface area contributed by atoms with Gasteiger partial charge in [0, 0.05) is 0 Å². The normalized spacial score (nSPS) is 7.00. The van der Waals surface area contributed by atoms with Gasteiger partial charge >= 0.3 is 0 Å². The summed E-state index contributed by atoms with van der Waals surface area (Å²) in [5, 5.41) is 0. The predicted octanol–water partition coefficient (Wildman–Crippen LogP) is -1.50. The van der Waals surface area contributed by atoms with Gasteiger partial charge in [-0.05, 0) is 0 Å². The van der Waals surface area contributed by atoms with Crippen molar-refractivity contribution < 1.29 is 13.3 Å². The van der Waals surface area contributed by atoms with Gasteiger partial charge in [-0.25, -0.2) is 0 Å². The van der Waals surface area contributed by atoms with Crippen molar-refractivity contribution in [1.29, 1.82) is 0 Å². The van der Waals surface area contributed by atoms with Gasteiger partial charge < -0.3 is 0 Å². The molecule has 0 spiro atoms. The third kappa shape index (κ3) is 85.9. The van der Waals surface area contributed by atoms with E-state index in [-0.39, 0.29) is 17.4 Å². The first-order chi connectivity index (χ1) is 1.73. The predicted molar refractivity (Wildman–Crippen MR) is 23.3 cm³/mol. The van der Waals surface area contributed by atoms with E-state index in [4.69, 9.17) is 13.3 Å². The minimum Gasteiger partial charge on any atom is -0.284 e. The molecule has 2 N–H and O–H groups in total. The van der Waals surface area contributed by atoms with Crippen LogP contribution in [0.5, 0.6) is 0 Å². The number of hydrogen-bond donors (Lipinski definition) is 2. The summed E-state index contributed by atoms with van der Waals surface area (Å²) in [4.78, 5) is 0. The van der Waals surface area contributed by atoms with E-state index < -0.39 is 11.4 Å². The summed E-state index contributed by atoms with van der Waals surface area (Å²) in [5.74, 6) is 0. The first-order valence-electron chi connectivity index (χ1n) is 0.532. The summed E-state index contributed by atoms with van der Waals surface area (Å²) in [6.45, 7) is 0. The lowest BCUT2D eigenvalue weighted by Gasteiger charge is -1.59. The Morgan fingerprint density at radius 2 is 1.40 bits per heavy atom. The Balaban J connectivity index is 0. The van der Waals surface area contributed by atoms with Gasteiger partial charge in [0.05, 0.1) is 0 Å². The lowest BCUT2D eigenvalue weighted by Crippen LogP contribution is -1.74. The fraction of sp³-hybridized carbons (Fsp3) is 0. The molecule has 0 saturated carbocycles. The van der Waals surface area contributed by atoms with Crippen LogP contribution < -0.4 is 0 Å². The van der Waals surface area contributed by atoms with E-state index in [0.29, 0.717) is 0 Å². The first-order valence-corrected chi connectivity index (χ1v) is 1.60. The topological polar surface area (TPSA) is 57.5 Å². The lowest BCUT2D eigenvalue weighted by molar-refractivity contribution is 0.454. The second kappa shape index (κ2) is 4.60. The molecule has 5 heteroatoms. The number of hydrogen-bond acceptors (Lipinski definition) is 1. The molecule has 0 aromatic heterocycles. The van der Waals surface area contributed by atoms with Crippen molar-refractivity contribution in [3.05, 3.63) is 0 Å². The molecular weight excluding hydrogens is 107 g/mol. The standard InChI is InChI=1S/Al.H2O3S.3H/c;1-4(2)3;;;/h;(H2,1,2,3);;;. The molecule has 0 unspecified atom stereocenters. The molecule has 0 amide bonds. The van der Waals surface area contributed by atoms with E-state index in [9.17, 15) is 0 Å². The van der Waals surface area contributed by atoms with Crippen LogP contribution in [0.25, 0.3) is 0 Å². The van der Waals surface area contributed by atoms with Crippen LogP contribution in [0.1, 0.15) is 0 Å². The van der Waals surface area contributed by atoms with E-state index in [1.54, 1.807) is 0 Å². The van der Waals surface area contributed by atoms with Gasteiger partial charge in [-0.1, -0.05) is 0 Å². The minimum absolute atomic E-state index is 0. The maximum Gasteiger partial charge on any atom is 0.299 e. The number of rotatable bonds is 0. The largest absolute Gasteiger partial charge is 0.299 e. The van der Waals surface area contributed by atoms with Crippen LogP contribution in [0.3, 0.4) is 0 Å². The van der Waals surface area contributed by atoms with Gasteiger partial charge in [0.25, 0.3) is 11.4 Å². The summed E-state index contributed by atoms with van der Waals surface area (Å²) < 4.78 is 22.8. The Bertz CT molecular complexity index is 29.9. The molecule has 0 aromatic carbocycles. The Labute approximate surface area is 42.6 Å². The second-order valence-corrected chi connectivity index (χ2v) is 0.692. The van der Waals surface area contributed by atoms with Crippen LogP contribution in [-0.2, 0) is 11.4 Å². The molecule has 0 bridgehead atoms. The van der Waals surface area contributed by atoms with Gasteiger partial charge in [-0.2, -0.15) is 4.21 Å². The molecule has 32 valence electrons. The lowest BCUT2D eigenvalue weighted by atomic mass is 15.8. The smallest absolute Gasteiger partial charge is 0.284 e. The van der Waals surface area contributed by atoms with Crippen LogP contribution in [0.15, 0.2) is 0 Å². The SMILES string of the molecule is O=S(O)O.[AlH3]. The quantitative estimate of drug-likeness (QED) is 0.296. The van der Waals surface area contributed by atoms with Crippen LogP contribution in [0, 0.1) is 0 Å². The van der Waals surface area contributed by atoms with Gasteiger partial charge in [0.1, 0.15) is 0 Å². The average Bonchev–Trinajstić information content (AvgIpc) is 0.811. The Morgan fingerprint density at radius 3 is 1.40 bits per heavy atom. The highest BCUT2D eigenvalue weighted by atomic mass is 32.2. The highest BCUT2D eigenvalue weighted by Crippen LogP contribution is 1.44. The van der Waals surface area contributed by atoms with Gasteiger partial charge in [-0.3, -0.25) is 9.11 Å². The molecule has 0 rings (SSSR count). The average molecular weight is 112 g/mol. The van der Waals surface area contributed by atoms with Gasteiger partial charge in [-0.15, -0.1) is 0 Å². The Morgan fingerprint density at radius 1 is 1.40 bits per heavy atom. The molecule has 3 nitrogen and oxygen atoms in total. The van der Waals surface area contributed by atoms with Crippen molar-refractivity contribution in [3.8, 4) is 0 Å². The zero-order valence-corrected chi connectivity index (χ0v) is 2.53. The van der Waals surface area contributed by atoms with E-state index in [2.05, 4.69) is 0 Å². The minimum atomic E-state index is -2.61. The van der Waals surface area contributed by atoms with Crippen LogP contribution in [0.2, 0.25) is 0 Å². The fourth-order valence-electron chi connectivity index (χ4n) is 0. The second-order valence-electron chi connectivity index (χ2n) is 0.231. The monoisotopic (exact) mass is 112 g/mol. The highest BCUT2D eigenvalue weighted by Gasteiger charge is 1.62. The highest BCUT2D eigenvalue weighted by molar-refractivity contribution is 7.73. The summed E-state index contributed by atoms with van der Waals surface area (Å²) in [5.41, 5.74) is 0. The van der Waals surface area contributed by atoms with Crippen LogP contribution in [-0.4, -0.2) is 30.7 Å². The molecule has 0 aliphatic carbocycles. The molecule has 0 aliphatic rings. The Kier molecular flexibility index (Phi) is 8.42. The van der Waals surface area contributed by atoms with Crippen molar-refractivity contribution in [1.82, 2.24) is 0 Å². The van der Waals surface area contributed by atoms with Gasteiger partial charge in [0.2, 0.25) is 0 Å². The molecule has 0 heterocycles. The van der Waals surface area contributed by atoms with E-state index in [1.165, 1.54) is 0 Å². The van der Waals surface area contributed by atoms with E-state index >= 15 is 0 Å². The van der Waals surface area contributed by atoms with Crippen molar-refractivity contribution in [2.45, 2.75) is 0 Å². The Hall–Kier alpha value is 0.602. The van der Waals surface area contributed by atoms with Crippen molar-refractivity contribution >= 4 is 28.7 Å². The molecule has 0 saturated heterocycles. The molecule has 0 atom stereocenters. The maximum absolute atomic E-state index is 8.67. The molecular formula is H5AlO3S. The van der Waals surface area contributed by atoms with Crippen LogP contribution in [0.4, 0.5) is 0 Å². The molecule has 5 heavy (non-hydrogen) atoms. The summed E-state index contributed by atoms with van der Waals surface area (Å²) >= 11 is -2.61. The summed E-state index contributed by atoms with van der Waals surface area (Å²) in [6.07, 6.45) is 0. The van der Waals surface area contributed by atoms with E-state index in [0.717, 1.165) is 0 Å². The summed E-state index contributed by atoms with van der Waals surface area (Å²) in [6, 6.07) is 0. The van der Waals surface area contributed by atoms with Crippen molar-refractivity contribution in [2.24, 2.45) is 0 Å². The molecule has 0 aromatic rings. The van der Waals surface area contributed by atoms with Gasteiger partial charge in [0.15, 0.2) is 17.4 Å². The third-order valence-corrected chi connectivity index (χ3v) is 0. The summed E-state index contributed by atoms with van der Waals surface area (Å²) in [7, 11) is 0. The fourth-order valence-corrected chi connectivity index (χ4v) is 0.